The Bertz CT molecular complexity index is 744. The highest BCUT2D eigenvalue weighted by molar-refractivity contribution is 6.31. The number of benzene rings is 2. The summed E-state index contributed by atoms with van der Waals surface area (Å²) in [4.78, 5) is 6.94. The molecule has 0 atom stereocenters. The highest BCUT2D eigenvalue weighted by atomic mass is 35.5. The first-order chi connectivity index (χ1) is 9.04. The first-order valence-electron chi connectivity index (χ1n) is 5.35. The van der Waals surface area contributed by atoms with Crippen molar-refractivity contribution in [1.29, 1.82) is 0 Å². The van der Waals surface area contributed by atoms with Crippen molar-refractivity contribution in [3.05, 3.63) is 52.8 Å². The van der Waals surface area contributed by atoms with Gasteiger partial charge in [0.2, 0.25) is 0 Å². The van der Waals surface area contributed by atoms with Gasteiger partial charge in [-0.05, 0) is 18.2 Å². The summed E-state index contributed by atoms with van der Waals surface area (Å²) in [5.74, 6) is -2.11. The number of H-pyrrole nitrogens is 1. The largest absolute Gasteiger partial charge is 0.338 e. The Labute approximate surface area is 110 Å². The summed E-state index contributed by atoms with van der Waals surface area (Å²) in [6, 6.07) is 6.08. The van der Waals surface area contributed by atoms with Crippen molar-refractivity contribution in [2.24, 2.45) is 0 Å². The fraction of sp³-hybridized carbons (Fsp3) is 0. The van der Waals surface area contributed by atoms with Gasteiger partial charge in [-0.3, -0.25) is 0 Å². The molecule has 0 radical (unpaired) electrons. The number of nitrogens with zero attached hydrogens (tertiary/aromatic N) is 1. The maximum atomic E-state index is 13.1. The van der Waals surface area contributed by atoms with E-state index >= 15 is 0 Å². The van der Waals surface area contributed by atoms with Crippen LogP contribution in [0.15, 0.2) is 30.3 Å². The van der Waals surface area contributed by atoms with Crippen molar-refractivity contribution in [3.63, 3.8) is 0 Å². The minimum absolute atomic E-state index is 0.0460. The average Bonchev–Trinajstić information content (AvgIpc) is 2.76. The van der Waals surface area contributed by atoms with Crippen LogP contribution in [0.1, 0.15) is 0 Å². The van der Waals surface area contributed by atoms with Crippen LogP contribution in [-0.4, -0.2) is 9.97 Å². The number of nitrogens with one attached hydrogen (secondary N) is 1. The number of aromatic amines is 1. The Morgan fingerprint density at radius 1 is 0.947 bits per heavy atom. The molecule has 1 aromatic heterocycles. The first-order valence-corrected chi connectivity index (χ1v) is 5.72. The monoisotopic (exact) mass is 282 g/mol. The minimum atomic E-state index is -0.970. The molecule has 0 aliphatic heterocycles. The lowest BCUT2D eigenvalue weighted by Gasteiger charge is -1.98. The molecular weight excluding hydrogens is 277 g/mol. The van der Waals surface area contributed by atoms with Gasteiger partial charge in [0.15, 0.2) is 11.6 Å². The third-order valence-electron chi connectivity index (χ3n) is 2.72. The van der Waals surface area contributed by atoms with Crippen LogP contribution in [0, 0.1) is 17.5 Å². The predicted octanol–water partition coefficient (Wildman–Crippen LogP) is 4.30. The third kappa shape index (κ3) is 2.06. The van der Waals surface area contributed by atoms with Gasteiger partial charge in [0, 0.05) is 17.7 Å². The molecule has 0 saturated heterocycles. The van der Waals surface area contributed by atoms with Gasteiger partial charge in [-0.2, -0.15) is 0 Å². The SMILES string of the molecule is Fc1cc2nc(-c3ccc(F)c(Cl)c3)[nH]c2cc1F. The van der Waals surface area contributed by atoms with Gasteiger partial charge < -0.3 is 4.98 Å². The quantitative estimate of drug-likeness (QED) is 0.708. The van der Waals surface area contributed by atoms with Gasteiger partial charge in [0.05, 0.1) is 16.1 Å². The molecule has 0 amide bonds. The van der Waals surface area contributed by atoms with Gasteiger partial charge in [-0.1, -0.05) is 11.6 Å². The molecular formula is C13H6ClF3N2. The van der Waals surface area contributed by atoms with Crippen molar-refractivity contribution in [2.75, 3.05) is 0 Å². The standard InChI is InChI=1S/C13H6ClF3N2/c14-7-3-6(1-2-8(7)15)13-18-11-4-9(16)10(17)5-12(11)19-13/h1-5H,(H,18,19). The molecule has 1 N–H and O–H groups in total. The maximum absolute atomic E-state index is 13.1. The van der Waals surface area contributed by atoms with Crippen LogP contribution in [0.4, 0.5) is 13.2 Å². The van der Waals surface area contributed by atoms with Crippen molar-refractivity contribution >= 4 is 22.6 Å². The summed E-state index contributed by atoms with van der Waals surface area (Å²) < 4.78 is 39.2. The van der Waals surface area contributed by atoms with Crippen molar-refractivity contribution in [3.8, 4) is 11.4 Å². The van der Waals surface area contributed by atoms with Gasteiger partial charge in [-0.25, -0.2) is 18.2 Å². The van der Waals surface area contributed by atoms with E-state index in [2.05, 4.69) is 9.97 Å². The maximum Gasteiger partial charge on any atom is 0.161 e. The second-order valence-corrected chi connectivity index (χ2v) is 4.40. The molecule has 0 unspecified atom stereocenters. The summed E-state index contributed by atoms with van der Waals surface area (Å²) in [6.45, 7) is 0. The van der Waals surface area contributed by atoms with E-state index in [0.29, 0.717) is 16.9 Å². The number of imidazole rings is 1. The molecule has 96 valence electrons. The Morgan fingerprint density at radius 2 is 1.68 bits per heavy atom. The topological polar surface area (TPSA) is 28.7 Å². The van der Waals surface area contributed by atoms with Crippen LogP contribution in [0.5, 0.6) is 0 Å². The first kappa shape index (κ1) is 12.0. The lowest BCUT2D eigenvalue weighted by atomic mass is 10.2. The van der Waals surface area contributed by atoms with Crippen LogP contribution in [0.2, 0.25) is 5.02 Å². The predicted molar refractivity (Wildman–Crippen MR) is 66.4 cm³/mol. The van der Waals surface area contributed by atoms with Gasteiger partial charge in [0.25, 0.3) is 0 Å². The lowest BCUT2D eigenvalue weighted by Crippen LogP contribution is -1.82. The van der Waals surface area contributed by atoms with E-state index < -0.39 is 17.5 Å². The second kappa shape index (κ2) is 4.28. The van der Waals surface area contributed by atoms with E-state index in [1.54, 1.807) is 0 Å². The van der Waals surface area contributed by atoms with Crippen molar-refractivity contribution in [2.45, 2.75) is 0 Å². The molecule has 0 bridgehead atoms. The highest BCUT2D eigenvalue weighted by Gasteiger charge is 2.11. The number of rotatable bonds is 1. The summed E-state index contributed by atoms with van der Waals surface area (Å²) in [5.41, 5.74) is 1.17. The summed E-state index contributed by atoms with van der Waals surface area (Å²) in [6.07, 6.45) is 0. The summed E-state index contributed by atoms with van der Waals surface area (Å²) in [5, 5.41) is -0.0460. The fourth-order valence-corrected chi connectivity index (χ4v) is 1.97. The molecule has 2 aromatic carbocycles. The van der Waals surface area contributed by atoms with Crippen LogP contribution < -0.4 is 0 Å². The molecule has 0 fully saturated rings. The van der Waals surface area contributed by atoms with E-state index in [4.69, 9.17) is 11.6 Å². The van der Waals surface area contributed by atoms with Crippen LogP contribution in [0.25, 0.3) is 22.4 Å². The molecule has 3 aromatic rings. The summed E-state index contributed by atoms with van der Waals surface area (Å²) >= 11 is 5.68. The van der Waals surface area contributed by atoms with E-state index in [1.165, 1.54) is 18.2 Å². The third-order valence-corrected chi connectivity index (χ3v) is 3.01. The zero-order valence-corrected chi connectivity index (χ0v) is 10.1. The molecule has 0 aliphatic carbocycles. The summed E-state index contributed by atoms with van der Waals surface area (Å²) in [7, 11) is 0. The molecule has 0 aliphatic rings. The van der Waals surface area contributed by atoms with Crippen molar-refractivity contribution < 1.29 is 13.2 Å². The minimum Gasteiger partial charge on any atom is -0.338 e. The Kier molecular flexibility index (Phi) is 2.71. The molecule has 3 rings (SSSR count). The van der Waals surface area contributed by atoms with Gasteiger partial charge >= 0.3 is 0 Å². The molecule has 2 nitrogen and oxygen atoms in total. The molecule has 19 heavy (non-hydrogen) atoms. The zero-order chi connectivity index (χ0) is 13.6. The van der Waals surface area contributed by atoms with E-state index in [1.807, 2.05) is 0 Å². The number of hydrogen-bond acceptors (Lipinski definition) is 1. The fourth-order valence-electron chi connectivity index (χ4n) is 1.79. The smallest absolute Gasteiger partial charge is 0.161 e. The van der Waals surface area contributed by atoms with Crippen LogP contribution in [0.3, 0.4) is 0 Å². The van der Waals surface area contributed by atoms with Crippen LogP contribution >= 0.6 is 11.6 Å². The number of aromatic nitrogens is 2. The highest BCUT2D eigenvalue weighted by Crippen LogP contribution is 2.25. The van der Waals surface area contributed by atoms with Gasteiger partial charge in [0.1, 0.15) is 11.6 Å². The molecule has 0 saturated carbocycles. The number of hydrogen-bond donors (Lipinski definition) is 1. The van der Waals surface area contributed by atoms with Crippen molar-refractivity contribution in [1.82, 2.24) is 9.97 Å². The van der Waals surface area contributed by atoms with Gasteiger partial charge in [-0.15, -0.1) is 0 Å². The van der Waals surface area contributed by atoms with E-state index in [9.17, 15) is 13.2 Å². The number of halogens is 4. The normalized spacial score (nSPS) is 11.2. The average molecular weight is 283 g/mol. The Morgan fingerprint density at radius 3 is 2.42 bits per heavy atom. The molecule has 0 spiro atoms. The molecule has 6 heteroatoms. The zero-order valence-electron chi connectivity index (χ0n) is 9.35. The van der Waals surface area contributed by atoms with E-state index in [-0.39, 0.29) is 10.5 Å². The van der Waals surface area contributed by atoms with Crippen LogP contribution in [-0.2, 0) is 0 Å². The lowest BCUT2D eigenvalue weighted by molar-refractivity contribution is 0.510. The van der Waals surface area contributed by atoms with E-state index in [0.717, 1.165) is 12.1 Å². The second-order valence-electron chi connectivity index (χ2n) is 4.00. The molecule has 1 heterocycles. The Balaban J connectivity index is 2.17. The number of fused-ring (bicyclic) bond motifs is 1. The Hall–Kier alpha value is -2.01.